The zero-order valence-corrected chi connectivity index (χ0v) is 14.9. The molecule has 1 saturated heterocycles. The van der Waals surface area contributed by atoms with Gasteiger partial charge >= 0.3 is 0 Å². The summed E-state index contributed by atoms with van der Waals surface area (Å²) in [4.78, 5) is 11.9. The molecule has 0 unspecified atom stereocenters. The van der Waals surface area contributed by atoms with Crippen molar-refractivity contribution >= 4 is 16.9 Å². The van der Waals surface area contributed by atoms with Gasteiger partial charge in [0.1, 0.15) is 11.2 Å². The number of aryl methyl sites for hydroxylation is 1. The molecule has 5 rings (SSSR count). The van der Waals surface area contributed by atoms with Crippen molar-refractivity contribution < 1.29 is 9.26 Å². The van der Waals surface area contributed by atoms with Crippen molar-refractivity contribution in [3.8, 4) is 11.4 Å². The third-order valence-electron chi connectivity index (χ3n) is 5.34. The summed E-state index contributed by atoms with van der Waals surface area (Å²) in [6.45, 7) is 2.96. The summed E-state index contributed by atoms with van der Waals surface area (Å²) in [5.74, 6) is 1.92. The summed E-state index contributed by atoms with van der Waals surface area (Å²) in [6, 6.07) is 0. The van der Waals surface area contributed by atoms with Crippen LogP contribution >= 0.6 is 0 Å². The number of hydrogen-bond donors (Lipinski definition) is 0. The van der Waals surface area contributed by atoms with Crippen molar-refractivity contribution in [2.45, 2.75) is 31.6 Å². The quantitative estimate of drug-likeness (QED) is 0.715. The van der Waals surface area contributed by atoms with Gasteiger partial charge in [0.15, 0.2) is 11.6 Å². The number of aromatic nitrogens is 5. The molecule has 0 aromatic carbocycles. The maximum absolute atomic E-state index is 5.76. The Bertz CT molecular complexity index is 921. The van der Waals surface area contributed by atoms with E-state index >= 15 is 0 Å². The first kappa shape index (κ1) is 15.7. The van der Waals surface area contributed by atoms with Gasteiger partial charge in [-0.15, -0.1) is 0 Å². The van der Waals surface area contributed by atoms with Crippen LogP contribution in [0.25, 0.3) is 22.5 Å². The Balaban J connectivity index is 1.68. The lowest BCUT2D eigenvalue weighted by molar-refractivity contribution is 0.122. The molecule has 8 heteroatoms. The Morgan fingerprint density at radius 1 is 1.12 bits per heavy atom. The van der Waals surface area contributed by atoms with E-state index in [4.69, 9.17) is 19.2 Å². The number of rotatable bonds is 3. The Kier molecular flexibility index (Phi) is 3.85. The highest BCUT2D eigenvalue weighted by Gasteiger charge is 2.28. The van der Waals surface area contributed by atoms with E-state index in [1.165, 1.54) is 12.8 Å². The van der Waals surface area contributed by atoms with E-state index < -0.39 is 0 Å². The first-order chi connectivity index (χ1) is 12.8. The molecule has 2 fully saturated rings. The van der Waals surface area contributed by atoms with Crippen LogP contribution in [-0.4, -0.2) is 51.2 Å². The van der Waals surface area contributed by atoms with Crippen LogP contribution in [0.15, 0.2) is 16.9 Å². The van der Waals surface area contributed by atoms with E-state index in [-0.39, 0.29) is 0 Å². The summed E-state index contributed by atoms with van der Waals surface area (Å²) >= 11 is 0. The topological polar surface area (TPSA) is 82.1 Å². The summed E-state index contributed by atoms with van der Waals surface area (Å²) in [6.07, 6.45) is 8.54. The first-order valence-corrected chi connectivity index (χ1v) is 9.28. The fourth-order valence-corrected chi connectivity index (χ4v) is 3.96. The van der Waals surface area contributed by atoms with Crippen LogP contribution in [0.5, 0.6) is 0 Å². The minimum absolute atomic E-state index is 0.436. The van der Waals surface area contributed by atoms with E-state index in [1.807, 2.05) is 13.2 Å². The summed E-state index contributed by atoms with van der Waals surface area (Å²) in [5.41, 5.74) is 3.44. The Morgan fingerprint density at radius 3 is 2.65 bits per heavy atom. The van der Waals surface area contributed by atoms with Crippen LogP contribution in [0.3, 0.4) is 0 Å². The predicted octanol–water partition coefficient (Wildman–Crippen LogP) is 2.51. The van der Waals surface area contributed by atoms with E-state index in [0.29, 0.717) is 30.5 Å². The lowest BCUT2D eigenvalue weighted by atomic mass is 10.0. The average Bonchev–Trinajstić information content (AvgIpc) is 3.41. The van der Waals surface area contributed by atoms with E-state index in [2.05, 4.69) is 15.2 Å². The smallest absolute Gasteiger partial charge is 0.227 e. The highest BCUT2D eigenvalue weighted by atomic mass is 16.5. The predicted molar refractivity (Wildman–Crippen MR) is 96.0 cm³/mol. The number of anilines is 1. The summed E-state index contributed by atoms with van der Waals surface area (Å²) in [5, 5.41) is 8.68. The van der Waals surface area contributed by atoms with E-state index in [0.717, 1.165) is 48.5 Å². The molecule has 0 amide bonds. The second-order valence-corrected chi connectivity index (χ2v) is 7.10. The van der Waals surface area contributed by atoms with Gasteiger partial charge in [-0.05, 0) is 12.8 Å². The van der Waals surface area contributed by atoms with Gasteiger partial charge in [-0.3, -0.25) is 4.68 Å². The molecule has 26 heavy (non-hydrogen) atoms. The van der Waals surface area contributed by atoms with Gasteiger partial charge in [-0.2, -0.15) is 5.10 Å². The van der Waals surface area contributed by atoms with Crippen LogP contribution in [0.2, 0.25) is 0 Å². The molecule has 3 aromatic rings. The molecule has 1 aliphatic heterocycles. The summed E-state index contributed by atoms with van der Waals surface area (Å²) in [7, 11) is 1.90. The molecular weight excluding hydrogens is 332 g/mol. The summed E-state index contributed by atoms with van der Waals surface area (Å²) < 4.78 is 13.0. The molecule has 0 atom stereocenters. The fourth-order valence-electron chi connectivity index (χ4n) is 3.96. The maximum Gasteiger partial charge on any atom is 0.227 e. The molecule has 4 heterocycles. The lowest BCUT2D eigenvalue weighted by Gasteiger charge is -2.27. The largest absolute Gasteiger partial charge is 0.378 e. The van der Waals surface area contributed by atoms with Gasteiger partial charge in [0, 0.05) is 32.3 Å². The minimum Gasteiger partial charge on any atom is -0.378 e. The zero-order chi connectivity index (χ0) is 17.5. The third-order valence-corrected chi connectivity index (χ3v) is 5.34. The maximum atomic E-state index is 5.76. The van der Waals surface area contributed by atoms with Crippen molar-refractivity contribution in [2.24, 2.45) is 7.05 Å². The average molecular weight is 354 g/mol. The monoisotopic (exact) mass is 354 g/mol. The number of hydrogen-bond acceptors (Lipinski definition) is 7. The van der Waals surface area contributed by atoms with Crippen molar-refractivity contribution in [3.63, 3.8) is 0 Å². The van der Waals surface area contributed by atoms with Crippen molar-refractivity contribution in [3.05, 3.63) is 18.1 Å². The SMILES string of the molecule is Cn1cc(-c2nc(N3CCOCC3)c3onc(C4CCCC4)c3n2)cn1. The lowest BCUT2D eigenvalue weighted by Crippen LogP contribution is -2.37. The van der Waals surface area contributed by atoms with Gasteiger partial charge in [0.2, 0.25) is 5.58 Å². The van der Waals surface area contributed by atoms with Gasteiger partial charge < -0.3 is 14.2 Å². The van der Waals surface area contributed by atoms with Crippen LogP contribution in [0, 0.1) is 0 Å². The second-order valence-electron chi connectivity index (χ2n) is 7.10. The number of nitrogens with zero attached hydrogens (tertiary/aromatic N) is 6. The molecule has 3 aromatic heterocycles. The molecule has 1 aliphatic carbocycles. The van der Waals surface area contributed by atoms with E-state index in [1.54, 1.807) is 10.9 Å². The van der Waals surface area contributed by atoms with Crippen LogP contribution < -0.4 is 4.90 Å². The Hall–Kier alpha value is -2.48. The van der Waals surface area contributed by atoms with Crippen molar-refractivity contribution in [1.29, 1.82) is 0 Å². The zero-order valence-electron chi connectivity index (χ0n) is 14.9. The Labute approximate surface area is 151 Å². The highest BCUT2D eigenvalue weighted by molar-refractivity contribution is 5.87. The van der Waals surface area contributed by atoms with Gasteiger partial charge in [-0.1, -0.05) is 18.0 Å². The van der Waals surface area contributed by atoms with E-state index in [9.17, 15) is 0 Å². The van der Waals surface area contributed by atoms with Crippen LogP contribution in [0.1, 0.15) is 37.3 Å². The van der Waals surface area contributed by atoms with Crippen molar-refractivity contribution in [1.82, 2.24) is 24.9 Å². The normalized spacial score (nSPS) is 18.9. The van der Waals surface area contributed by atoms with Gasteiger partial charge in [0.05, 0.1) is 25.0 Å². The Morgan fingerprint density at radius 2 is 1.92 bits per heavy atom. The molecule has 0 N–H and O–H groups in total. The van der Waals surface area contributed by atoms with Gasteiger partial charge in [0.25, 0.3) is 0 Å². The number of fused-ring (bicyclic) bond motifs is 1. The van der Waals surface area contributed by atoms with Gasteiger partial charge in [-0.25, -0.2) is 9.97 Å². The third kappa shape index (κ3) is 2.65. The number of ether oxygens (including phenoxy) is 1. The van der Waals surface area contributed by atoms with Crippen LogP contribution in [0.4, 0.5) is 5.82 Å². The molecular formula is C18H22N6O2. The molecule has 8 nitrogen and oxygen atoms in total. The molecule has 0 spiro atoms. The molecule has 136 valence electrons. The molecule has 1 saturated carbocycles. The minimum atomic E-state index is 0.436. The van der Waals surface area contributed by atoms with Crippen LogP contribution in [-0.2, 0) is 11.8 Å². The van der Waals surface area contributed by atoms with Crippen molar-refractivity contribution in [2.75, 3.05) is 31.2 Å². The molecule has 2 aliphatic rings. The standard InChI is InChI=1S/C18H22N6O2/c1-23-11-13(10-19-23)17-20-15-14(12-4-2-3-5-12)22-26-16(15)18(21-17)24-6-8-25-9-7-24/h10-12H,2-9H2,1H3. The molecule has 0 bridgehead atoms. The first-order valence-electron chi connectivity index (χ1n) is 9.28. The fraction of sp³-hybridized carbons (Fsp3) is 0.556. The highest BCUT2D eigenvalue weighted by Crippen LogP contribution is 2.39. The second kappa shape index (κ2) is 6.35. The number of morpholine rings is 1. The molecule has 0 radical (unpaired) electrons.